The Morgan fingerprint density at radius 3 is 3.12 bits per heavy atom. The zero-order valence-corrected chi connectivity index (χ0v) is 10.1. The fourth-order valence-corrected chi connectivity index (χ4v) is 2.83. The molecule has 1 saturated heterocycles. The number of fused-ring (bicyclic) bond motifs is 1. The molecule has 0 radical (unpaired) electrons. The lowest BCUT2D eigenvalue weighted by molar-refractivity contribution is 0.310. The van der Waals surface area contributed by atoms with Crippen LogP contribution in [-0.2, 0) is 6.42 Å². The first kappa shape index (κ1) is 10.7. The van der Waals surface area contributed by atoms with Gasteiger partial charge >= 0.3 is 0 Å². The lowest BCUT2D eigenvalue weighted by Crippen LogP contribution is -2.26. The largest absolute Gasteiger partial charge is 0.508 e. The maximum atomic E-state index is 9.44. The zero-order chi connectivity index (χ0) is 11.8. The van der Waals surface area contributed by atoms with Crippen molar-refractivity contribution in [2.75, 3.05) is 13.6 Å². The van der Waals surface area contributed by atoms with E-state index in [4.69, 9.17) is 0 Å². The molecule has 1 aliphatic heterocycles. The van der Waals surface area contributed by atoms with E-state index in [1.54, 1.807) is 12.1 Å². The van der Waals surface area contributed by atoms with E-state index in [1.165, 1.54) is 30.3 Å². The van der Waals surface area contributed by atoms with E-state index in [0.29, 0.717) is 11.8 Å². The van der Waals surface area contributed by atoms with Gasteiger partial charge in [-0.15, -0.1) is 0 Å². The van der Waals surface area contributed by atoms with E-state index in [0.717, 1.165) is 11.9 Å². The number of aromatic hydroxyl groups is 1. The maximum Gasteiger partial charge on any atom is 0.117 e. The van der Waals surface area contributed by atoms with Gasteiger partial charge in [0.05, 0.1) is 0 Å². The molecule has 1 atom stereocenters. The topological polar surface area (TPSA) is 39.3 Å². The summed E-state index contributed by atoms with van der Waals surface area (Å²) in [4.78, 5) is 5.68. The van der Waals surface area contributed by atoms with Crippen LogP contribution in [0.15, 0.2) is 24.4 Å². The summed E-state index contributed by atoms with van der Waals surface area (Å²) in [6.45, 7) is 1.22. The second-order valence-corrected chi connectivity index (χ2v) is 5.02. The molecule has 0 saturated carbocycles. The van der Waals surface area contributed by atoms with Crippen molar-refractivity contribution in [2.45, 2.75) is 25.3 Å². The first-order valence-corrected chi connectivity index (χ1v) is 6.23. The number of benzene rings is 1. The molecule has 3 nitrogen and oxygen atoms in total. The Kier molecular flexibility index (Phi) is 2.56. The number of likely N-dealkylation sites (N-methyl/N-ethyl adjacent to an activating group) is 1. The van der Waals surface area contributed by atoms with Gasteiger partial charge in [-0.05, 0) is 50.6 Å². The van der Waals surface area contributed by atoms with Crippen LogP contribution in [-0.4, -0.2) is 34.6 Å². The van der Waals surface area contributed by atoms with Crippen LogP contribution in [0.1, 0.15) is 18.4 Å². The fourth-order valence-electron chi connectivity index (χ4n) is 2.83. The van der Waals surface area contributed by atoms with Crippen LogP contribution in [0.25, 0.3) is 10.9 Å². The van der Waals surface area contributed by atoms with Crippen LogP contribution in [0.4, 0.5) is 0 Å². The normalized spacial score (nSPS) is 21.4. The van der Waals surface area contributed by atoms with Gasteiger partial charge in [-0.25, -0.2) is 0 Å². The number of rotatable bonds is 2. The first-order chi connectivity index (χ1) is 8.24. The lowest BCUT2D eigenvalue weighted by Gasteiger charge is -2.18. The van der Waals surface area contributed by atoms with Gasteiger partial charge in [-0.2, -0.15) is 0 Å². The van der Waals surface area contributed by atoms with Gasteiger partial charge in [0.1, 0.15) is 5.75 Å². The number of hydrogen-bond donors (Lipinski definition) is 2. The van der Waals surface area contributed by atoms with E-state index in [9.17, 15) is 5.11 Å². The smallest absolute Gasteiger partial charge is 0.117 e. The SMILES string of the molecule is CN1CCC[C@@H]1Cc1c[nH]c2cc(O)ccc12. The van der Waals surface area contributed by atoms with Gasteiger partial charge in [0, 0.05) is 29.2 Å². The van der Waals surface area contributed by atoms with Crippen molar-refractivity contribution in [2.24, 2.45) is 0 Å². The van der Waals surface area contributed by atoms with E-state index < -0.39 is 0 Å². The number of phenols is 1. The van der Waals surface area contributed by atoms with E-state index in [2.05, 4.69) is 23.1 Å². The molecule has 2 aromatic rings. The summed E-state index contributed by atoms with van der Waals surface area (Å²) in [7, 11) is 2.21. The van der Waals surface area contributed by atoms with Gasteiger partial charge in [0.25, 0.3) is 0 Å². The van der Waals surface area contributed by atoms with E-state index in [1.807, 2.05) is 6.07 Å². The number of nitrogens with one attached hydrogen (secondary N) is 1. The van der Waals surface area contributed by atoms with Crippen molar-refractivity contribution in [3.63, 3.8) is 0 Å². The number of aromatic amines is 1. The Morgan fingerprint density at radius 1 is 1.47 bits per heavy atom. The van der Waals surface area contributed by atoms with Crippen LogP contribution in [0.2, 0.25) is 0 Å². The van der Waals surface area contributed by atoms with Crippen LogP contribution in [0, 0.1) is 0 Å². The summed E-state index contributed by atoms with van der Waals surface area (Å²) in [6, 6.07) is 6.23. The highest BCUT2D eigenvalue weighted by Crippen LogP contribution is 2.26. The molecule has 1 fully saturated rings. The third-order valence-electron chi connectivity index (χ3n) is 3.88. The Balaban J connectivity index is 1.90. The van der Waals surface area contributed by atoms with Crippen molar-refractivity contribution in [1.82, 2.24) is 9.88 Å². The molecule has 0 amide bonds. The van der Waals surface area contributed by atoms with Crippen LogP contribution in [0.5, 0.6) is 5.75 Å². The number of H-pyrrole nitrogens is 1. The van der Waals surface area contributed by atoms with Crippen molar-refractivity contribution < 1.29 is 5.11 Å². The zero-order valence-electron chi connectivity index (χ0n) is 10.1. The van der Waals surface area contributed by atoms with Gasteiger partial charge in [-0.1, -0.05) is 0 Å². The number of likely N-dealkylation sites (tertiary alicyclic amines) is 1. The van der Waals surface area contributed by atoms with E-state index >= 15 is 0 Å². The molecule has 3 heteroatoms. The summed E-state index contributed by atoms with van der Waals surface area (Å²) in [5.41, 5.74) is 2.39. The van der Waals surface area contributed by atoms with Crippen molar-refractivity contribution in [3.05, 3.63) is 30.0 Å². The summed E-state index contributed by atoms with van der Waals surface area (Å²) < 4.78 is 0. The van der Waals surface area contributed by atoms with Crippen LogP contribution < -0.4 is 0 Å². The highest BCUT2D eigenvalue weighted by Gasteiger charge is 2.21. The number of nitrogens with zero attached hydrogens (tertiary/aromatic N) is 1. The molecule has 17 heavy (non-hydrogen) atoms. The van der Waals surface area contributed by atoms with Crippen molar-refractivity contribution >= 4 is 10.9 Å². The molecule has 0 bridgehead atoms. The van der Waals surface area contributed by atoms with Crippen molar-refractivity contribution in [3.8, 4) is 5.75 Å². The highest BCUT2D eigenvalue weighted by molar-refractivity contribution is 5.84. The van der Waals surface area contributed by atoms with Crippen LogP contribution in [0.3, 0.4) is 0 Å². The Labute approximate surface area is 101 Å². The fraction of sp³-hybridized carbons (Fsp3) is 0.429. The van der Waals surface area contributed by atoms with Gasteiger partial charge in [-0.3, -0.25) is 0 Å². The molecular weight excluding hydrogens is 212 g/mol. The molecule has 2 N–H and O–H groups in total. The minimum absolute atomic E-state index is 0.323. The Morgan fingerprint density at radius 2 is 2.35 bits per heavy atom. The molecule has 1 aromatic carbocycles. The van der Waals surface area contributed by atoms with E-state index in [-0.39, 0.29) is 0 Å². The minimum atomic E-state index is 0.323. The molecule has 3 rings (SSSR count). The van der Waals surface area contributed by atoms with Crippen LogP contribution >= 0.6 is 0 Å². The Hall–Kier alpha value is -1.48. The van der Waals surface area contributed by atoms with Gasteiger partial charge in [0.15, 0.2) is 0 Å². The minimum Gasteiger partial charge on any atom is -0.508 e. The Bertz CT molecular complexity index is 532. The predicted octanol–water partition coefficient (Wildman–Crippen LogP) is 2.51. The molecule has 90 valence electrons. The summed E-state index contributed by atoms with van der Waals surface area (Å²) in [5.74, 6) is 0.323. The monoisotopic (exact) mass is 230 g/mol. The third-order valence-corrected chi connectivity index (χ3v) is 3.88. The van der Waals surface area contributed by atoms with Crippen molar-refractivity contribution in [1.29, 1.82) is 0 Å². The highest BCUT2D eigenvalue weighted by atomic mass is 16.3. The standard InChI is InChI=1S/C14H18N2O/c1-16-6-2-3-11(16)7-10-9-15-14-8-12(17)4-5-13(10)14/h4-5,8-9,11,15,17H,2-3,6-7H2,1H3/t11-/m1/s1. The summed E-state index contributed by atoms with van der Waals surface area (Å²) >= 11 is 0. The lowest BCUT2D eigenvalue weighted by atomic mass is 10.0. The predicted molar refractivity (Wildman–Crippen MR) is 69.3 cm³/mol. The number of hydrogen-bond acceptors (Lipinski definition) is 2. The molecule has 0 aliphatic carbocycles. The second-order valence-electron chi connectivity index (χ2n) is 5.02. The number of aromatic nitrogens is 1. The summed E-state index contributed by atoms with van der Waals surface area (Å²) in [6.07, 6.45) is 5.78. The molecule has 1 aliphatic rings. The molecule has 0 unspecified atom stereocenters. The average Bonchev–Trinajstić information content (AvgIpc) is 2.87. The molecular formula is C14H18N2O. The third kappa shape index (κ3) is 1.91. The first-order valence-electron chi connectivity index (χ1n) is 6.23. The molecule has 0 spiro atoms. The summed E-state index contributed by atoms with van der Waals surface area (Å²) in [5, 5.41) is 10.7. The maximum absolute atomic E-state index is 9.44. The number of phenolic OH excluding ortho intramolecular Hbond substituents is 1. The van der Waals surface area contributed by atoms with Gasteiger partial charge < -0.3 is 15.0 Å². The average molecular weight is 230 g/mol. The second kappa shape index (κ2) is 4.08. The molecule has 2 heterocycles. The van der Waals surface area contributed by atoms with Gasteiger partial charge in [0.2, 0.25) is 0 Å². The molecule has 1 aromatic heterocycles. The quantitative estimate of drug-likeness (QED) is 0.832.